The highest BCUT2D eigenvalue weighted by Crippen LogP contribution is 2.12. The summed E-state index contributed by atoms with van der Waals surface area (Å²) in [7, 11) is 0. The number of benzene rings is 2. The van der Waals surface area contributed by atoms with Gasteiger partial charge in [-0.25, -0.2) is 0 Å². The summed E-state index contributed by atoms with van der Waals surface area (Å²) >= 11 is 5.84. The molecule has 0 unspecified atom stereocenters. The summed E-state index contributed by atoms with van der Waals surface area (Å²) in [4.78, 5) is 12.1. The molecule has 0 spiro atoms. The van der Waals surface area contributed by atoms with Gasteiger partial charge in [-0.05, 0) is 30.2 Å². The van der Waals surface area contributed by atoms with Crippen LogP contribution >= 0.6 is 11.6 Å². The topological polar surface area (TPSA) is 46.9 Å². The van der Waals surface area contributed by atoms with Crippen molar-refractivity contribution in [3.8, 4) is 0 Å². The second-order valence-electron chi connectivity index (χ2n) is 5.76. The SMILES string of the molecule is Cc1ccc(Cn2cc(NC(=O)Cc3ccc(Cl)cc3)cn2)cc1. The van der Waals surface area contributed by atoms with Gasteiger partial charge in [-0.3, -0.25) is 9.48 Å². The van der Waals surface area contributed by atoms with Gasteiger partial charge in [0.15, 0.2) is 0 Å². The quantitative estimate of drug-likeness (QED) is 0.761. The number of halogens is 1. The fourth-order valence-electron chi connectivity index (χ4n) is 2.39. The number of carbonyl (C=O) groups is 1. The first kappa shape index (κ1) is 16.3. The molecule has 1 heterocycles. The maximum absolute atomic E-state index is 12.1. The Morgan fingerprint density at radius 3 is 2.46 bits per heavy atom. The zero-order chi connectivity index (χ0) is 16.9. The van der Waals surface area contributed by atoms with Crippen molar-refractivity contribution in [3.63, 3.8) is 0 Å². The van der Waals surface area contributed by atoms with E-state index in [1.807, 2.05) is 23.0 Å². The molecule has 3 aromatic rings. The first-order chi connectivity index (χ1) is 11.6. The molecule has 1 amide bonds. The Labute approximate surface area is 146 Å². The average Bonchev–Trinajstić information content (AvgIpc) is 2.99. The van der Waals surface area contributed by atoms with Crippen LogP contribution < -0.4 is 5.32 Å². The van der Waals surface area contributed by atoms with Crippen molar-refractivity contribution in [1.29, 1.82) is 0 Å². The minimum Gasteiger partial charge on any atom is -0.323 e. The second-order valence-corrected chi connectivity index (χ2v) is 6.20. The summed E-state index contributed by atoms with van der Waals surface area (Å²) < 4.78 is 1.81. The van der Waals surface area contributed by atoms with Crippen LogP contribution in [0.1, 0.15) is 16.7 Å². The molecule has 0 fully saturated rings. The molecule has 5 heteroatoms. The summed E-state index contributed by atoms with van der Waals surface area (Å²) in [6.45, 7) is 2.74. The molecule has 0 aliphatic carbocycles. The maximum atomic E-state index is 12.1. The number of amides is 1. The predicted molar refractivity (Wildman–Crippen MR) is 96.3 cm³/mol. The van der Waals surface area contributed by atoms with Crippen LogP contribution in [0.25, 0.3) is 0 Å². The molecule has 4 nitrogen and oxygen atoms in total. The molecule has 0 bridgehead atoms. The van der Waals surface area contributed by atoms with Crippen LogP contribution in [0, 0.1) is 6.92 Å². The van der Waals surface area contributed by atoms with Crippen molar-refractivity contribution in [1.82, 2.24) is 9.78 Å². The Kier molecular flexibility index (Phi) is 4.96. The van der Waals surface area contributed by atoms with Gasteiger partial charge in [-0.2, -0.15) is 5.10 Å². The Morgan fingerprint density at radius 2 is 1.75 bits per heavy atom. The molecule has 0 aliphatic heterocycles. The van der Waals surface area contributed by atoms with Crippen molar-refractivity contribution < 1.29 is 4.79 Å². The number of aryl methyl sites for hydroxylation is 1. The van der Waals surface area contributed by atoms with Gasteiger partial charge in [0, 0.05) is 11.2 Å². The standard InChI is InChI=1S/C19H18ClN3O/c1-14-2-4-16(5-3-14)12-23-13-18(11-21-23)22-19(24)10-15-6-8-17(20)9-7-15/h2-9,11,13H,10,12H2,1H3,(H,22,24). The summed E-state index contributed by atoms with van der Waals surface area (Å²) in [5, 5.41) is 7.82. The molecule has 3 rings (SSSR count). The number of aromatic nitrogens is 2. The van der Waals surface area contributed by atoms with Crippen LogP contribution in [0.2, 0.25) is 5.02 Å². The molecule has 1 N–H and O–H groups in total. The molecule has 0 radical (unpaired) electrons. The van der Waals surface area contributed by atoms with Crippen LogP contribution in [0.15, 0.2) is 60.9 Å². The summed E-state index contributed by atoms with van der Waals surface area (Å²) in [5.41, 5.74) is 4.02. The van der Waals surface area contributed by atoms with Crippen LogP contribution in [-0.4, -0.2) is 15.7 Å². The monoisotopic (exact) mass is 339 g/mol. The van der Waals surface area contributed by atoms with Gasteiger partial charge in [-0.15, -0.1) is 0 Å². The van der Waals surface area contributed by atoms with E-state index >= 15 is 0 Å². The first-order valence-corrected chi connectivity index (χ1v) is 8.08. The Balaban J connectivity index is 1.58. The molecule has 2 aromatic carbocycles. The van der Waals surface area contributed by atoms with E-state index in [4.69, 9.17) is 11.6 Å². The zero-order valence-corrected chi connectivity index (χ0v) is 14.1. The third-order valence-corrected chi connectivity index (χ3v) is 3.91. The lowest BCUT2D eigenvalue weighted by atomic mass is 10.1. The van der Waals surface area contributed by atoms with Crippen molar-refractivity contribution in [2.45, 2.75) is 19.9 Å². The van der Waals surface area contributed by atoms with Crippen molar-refractivity contribution in [2.24, 2.45) is 0 Å². The van der Waals surface area contributed by atoms with Crippen LogP contribution in [0.5, 0.6) is 0 Å². The largest absolute Gasteiger partial charge is 0.323 e. The zero-order valence-electron chi connectivity index (χ0n) is 13.4. The molecule has 0 atom stereocenters. The first-order valence-electron chi connectivity index (χ1n) is 7.71. The summed E-state index contributed by atoms with van der Waals surface area (Å²) in [6, 6.07) is 15.6. The average molecular weight is 340 g/mol. The van der Waals surface area contributed by atoms with Gasteiger partial charge in [0.05, 0.1) is 24.8 Å². The minimum atomic E-state index is -0.0767. The maximum Gasteiger partial charge on any atom is 0.228 e. The number of rotatable bonds is 5. The number of nitrogens with one attached hydrogen (secondary N) is 1. The lowest BCUT2D eigenvalue weighted by molar-refractivity contribution is -0.115. The van der Waals surface area contributed by atoms with Gasteiger partial charge in [-0.1, -0.05) is 53.6 Å². The Morgan fingerprint density at radius 1 is 1.08 bits per heavy atom. The fourth-order valence-corrected chi connectivity index (χ4v) is 2.51. The van der Waals surface area contributed by atoms with Gasteiger partial charge >= 0.3 is 0 Å². The highest BCUT2D eigenvalue weighted by molar-refractivity contribution is 6.30. The summed E-state index contributed by atoms with van der Waals surface area (Å²) in [5.74, 6) is -0.0767. The highest BCUT2D eigenvalue weighted by atomic mass is 35.5. The number of hydrogen-bond donors (Lipinski definition) is 1. The lowest BCUT2D eigenvalue weighted by Gasteiger charge is -2.04. The van der Waals surface area contributed by atoms with E-state index in [1.165, 1.54) is 11.1 Å². The van der Waals surface area contributed by atoms with Gasteiger partial charge in [0.1, 0.15) is 0 Å². The van der Waals surface area contributed by atoms with Crippen LogP contribution in [0.3, 0.4) is 0 Å². The fraction of sp³-hybridized carbons (Fsp3) is 0.158. The molecule has 24 heavy (non-hydrogen) atoms. The third kappa shape index (κ3) is 4.46. The van der Waals surface area contributed by atoms with Crippen LogP contribution in [0.4, 0.5) is 5.69 Å². The molecular formula is C19H18ClN3O. The van der Waals surface area contributed by atoms with Crippen molar-refractivity contribution in [2.75, 3.05) is 5.32 Å². The van der Waals surface area contributed by atoms with E-state index < -0.39 is 0 Å². The number of anilines is 1. The van der Waals surface area contributed by atoms with E-state index in [9.17, 15) is 4.79 Å². The lowest BCUT2D eigenvalue weighted by Crippen LogP contribution is -2.13. The molecule has 0 saturated carbocycles. The molecular weight excluding hydrogens is 322 g/mol. The smallest absolute Gasteiger partial charge is 0.228 e. The third-order valence-electron chi connectivity index (χ3n) is 3.66. The van der Waals surface area contributed by atoms with Crippen LogP contribution in [-0.2, 0) is 17.8 Å². The van der Waals surface area contributed by atoms with E-state index in [-0.39, 0.29) is 5.91 Å². The van der Waals surface area contributed by atoms with Crippen molar-refractivity contribution in [3.05, 3.63) is 82.6 Å². The predicted octanol–water partition coefficient (Wildman–Crippen LogP) is 4.07. The van der Waals surface area contributed by atoms with E-state index in [2.05, 4.69) is 41.6 Å². The molecule has 0 aliphatic rings. The van der Waals surface area contributed by atoms with Gasteiger partial charge < -0.3 is 5.32 Å². The molecule has 1 aromatic heterocycles. The van der Waals surface area contributed by atoms with E-state index in [0.717, 1.165) is 5.56 Å². The minimum absolute atomic E-state index is 0.0767. The van der Waals surface area contributed by atoms with E-state index in [0.29, 0.717) is 23.7 Å². The van der Waals surface area contributed by atoms with E-state index in [1.54, 1.807) is 18.3 Å². The molecule has 0 saturated heterocycles. The van der Waals surface area contributed by atoms with Gasteiger partial charge in [0.25, 0.3) is 0 Å². The van der Waals surface area contributed by atoms with Gasteiger partial charge in [0.2, 0.25) is 5.91 Å². The number of carbonyl (C=O) groups excluding carboxylic acids is 1. The van der Waals surface area contributed by atoms with Crippen molar-refractivity contribution >= 4 is 23.2 Å². The Bertz CT molecular complexity index is 823. The number of nitrogens with zero attached hydrogens (tertiary/aromatic N) is 2. The normalized spacial score (nSPS) is 10.6. The molecule has 122 valence electrons. The second kappa shape index (κ2) is 7.32. The highest BCUT2D eigenvalue weighted by Gasteiger charge is 2.06. The summed E-state index contributed by atoms with van der Waals surface area (Å²) in [6.07, 6.45) is 3.80. The Hall–Kier alpha value is -2.59. The number of hydrogen-bond acceptors (Lipinski definition) is 2.